The normalized spacial score (nSPS) is 11.9. The average Bonchev–Trinajstić information content (AvgIpc) is 2.23. The van der Waals surface area contributed by atoms with Crippen LogP contribution in [0.1, 0.15) is 20.3 Å². The molecule has 0 spiro atoms. The summed E-state index contributed by atoms with van der Waals surface area (Å²) < 4.78 is 17.1. The van der Waals surface area contributed by atoms with Crippen LogP contribution in [-0.2, 0) is 4.74 Å². The fourth-order valence-electron chi connectivity index (χ4n) is 0.863. The monoisotopic (exact) mass is 347 g/mol. The Balaban J connectivity index is 0. The van der Waals surface area contributed by atoms with Crippen LogP contribution in [0.4, 0.5) is 4.39 Å². The van der Waals surface area contributed by atoms with Gasteiger partial charge < -0.3 is 15.4 Å². The van der Waals surface area contributed by atoms with Gasteiger partial charge in [0.05, 0.1) is 12.3 Å². The van der Waals surface area contributed by atoms with Crippen LogP contribution in [0.2, 0.25) is 0 Å². The summed E-state index contributed by atoms with van der Waals surface area (Å²) in [5, 5.41) is 6.12. The van der Waals surface area contributed by atoms with Gasteiger partial charge in [-0.05, 0) is 20.3 Å². The van der Waals surface area contributed by atoms with Crippen LogP contribution < -0.4 is 10.6 Å². The maximum Gasteiger partial charge on any atom is 0.191 e. The van der Waals surface area contributed by atoms with E-state index in [0.717, 1.165) is 0 Å². The van der Waals surface area contributed by atoms with E-state index in [4.69, 9.17) is 4.74 Å². The fourth-order valence-corrected chi connectivity index (χ4v) is 0.863. The van der Waals surface area contributed by atoms with Crippen molar-refractivity contribution in [3.63, 3.8) is 0 Å². The lowest BCUT2D eigenvalue weighted by Crippen LogP contribution is -2.45. The van der Waals surface area contributed by atoms with Crippen molar-refractivity contribution >= 4 is 29.9 Å². The number of alkyl halides is 1. The molecule has 0 aliphatic rings. The lowest BCUT2D eigenvalue weighted by molar-refractivity contribution is 0.0268. The van der Waals surface area contributed by atoms with E-state index in [1.807, 2.05) is 13.8 Å². The highest BCUT2D eigenvalue weighted by atomic mass is 127. The molecular formula is C10H23FIN3O. The quantitative estimate of drug-likeness (QED) is 0.332. The Hall–Kier alpha value is -0.110. The molecule has 0 heterocycles. The van der Waals surface area contributed by atoms with Gasteiger partial charge >= 0.3 is 0 Å². The van der Waals surface area contributed by atoms with E-state index in [-0.39, 0.29) is 36.3 Å². The SMILES string of the molecule is CN=C(NCCCF)NCC(C)(C)OC.I. The standard InChI is InChI=1S/C10H22FN3O.HI/c1-10(2,15-4)8-14-9(12-3)13-7-5-6-11;/h5-8H2,1-4H3,(H2,12,13,14);1H. The topological polar surface area (TPSA) is 45.7 Å². The second kappa shape index (κ2) is 10.1. The minimum Gasteiger partial charge on any atom is -0.377 e. The molecule has 6 heteroatoms. The van der Waals surface area contributed by atoms with E-state index in [1.165, 1.54) is 0 Å². The average molecular weight is 347 g/mol. The van der Waals surface area contributed by atoms with Gasteiger partial charge in [-0.15, -0.1) is 24.0 Å². The predicted molar refractivity (Wildman–Crippen MR) is 76.5 cm³/mol. The lowest BCUT2D eigenvalue weighted by atomic mass is 10.1. The zero-order valence-electron chi connectivity index (χ0n) is 10.5. The van der Waals surface area contributed by atoms with Crippen LogP contribution in [0.3, 0.4) is 0 Å². The van der Waals surface area contributed by atoms with Crippen molar-refractivity contribution in [1.29, 1.82) is 0 Å². The zero-order valence-corrected chi connectivity index (χ0v) is 12.8. The highest BCUT2D eigenvalue weighted by Gasteiger charge is 2.16. The Morgan fingerprint density at radius 2 is 2.00 bits per heavy atom. The molecule has 0 saturated heterocycles. The lowest BCUT2D eigenvalue weighted by Gasteiger charge is -2.24. The highest BCUT2D eigenvalue weighted by molar-refractivity contribution is 14.0. The van der Waals surface area contributed by atoms with Gasteiger partial charge in [-0.25, -0.2) is 0 Å². The Labute approximate surface area is 114 Å². The molecule has 0 aromatic heterocycles. The Bertz CT molecular complexity index is 201. The van der Waals surface area contributed by atoms with Gasteiger partial charge in [0.2, 0.25) is 0 Å². The zero-order chi connectivity index (χ0) is 11.7. The van der Waals surface area contributed by atoms with E-state index in [9.17, 15) is 4.39 Å². The first-order valence-electron chi connectivity index (χ1n) is 5.11. The maximum absolute atomic E-state index is 11.9. The van der Waals surface area contributed by atoms with Crippen molar-refractivity contribution in [1.82, 2.24) is 10.6 Å². The van der Waals surface area contributed by atoms with E-state index in [0.29, 0.717) is 25.5 Å². The number of hydrogen-bond acceptors (Lipinski definition) is 2. The van der Waals surface area contributed by atoms with E-state index in [2.05, 4.69) is 15.6 Å². The summed E-state index contributed by atoms with van der Waals surface area (Å²) in [4.78, 5) is 4.01. The molecule has 0 aliphatic carbocycles. The Morgan fingerprint density at radius 1 is 1.38 bits per heavy atom. The van der Waals surface area contributed by atoms with Crippen LogP contribution in [-0.4, -0.2) is 45.5 Å². The second-order valence-corrected chi connectivity index (χ2v) is 3.86. The largest absolute Gasteiger partial charge is 0.377 e. The van der Waals surface area contributed by atoms with Gasteiger partial charge in [-0.2, -0.15) is 0 Å². The van der Waals surface area contributed by atoms with Crippen LogP contribution in [0.5, 0.6) is 0 Å². The van der Waals surface area contributed by atoms with Crippen molar-refractivity contribution in [3.8, 4) is 0 Å². The molecule has 2 N–H and O–H groups in total. The number of nitrogens with zero attached hydrogens (tertiary/aromatic N) is 1. The van der Waals surface area contributed by atoms with Crippen molar-refractivity contribution in [2.45, 2.75) is 25.9 Å². The minimum absolute atomic E-state index is 0. The van der Waals surface area contributed by atoms with E-state index in [1.54, 1.807) is 14.2 Å². The van der Waals surface area contributed by atoms with Crippen molar-refractivity contribution in [2.24, 2.45) is 4.99 Å². The molecule has 98 valence electrons. The molecule has 0 rings (SSSR count). The Morgan fingerprint density at radius 3 is 2.44 bits per heavy atom. The molecule has 0 radical (unpaired) electrons. The molecule has 0 bridgehead atoms. The number of guanidine groups is 1. The fraction of sp³-hybridized carbons (Fsp3) is 0.900. The summed E-state index contributed by atoms with van der Waals surface area (Å²) in [6.45, 7) is 4.89. The number of ether oxygens (including phenoxy) is 1. The summed E-state index contributed by atoms with van der Waals surface area (Å²) in [6, 6.07) is 0. The summed E-state index contributed by atoms with van der Waals surface area (Å²) in [5.41, 5.74) is -0.238. The van der Waals surface area contributed by atoms with Gasteiger partial charge in [-0.3, -0.25) is 9.38 Å². The number of rotatable bonds is 6. The molecule has 0 aromatic rings. The second-order valence-electron chi connectivity index (χ2n) is 3.86. The Kier molecular flexibility index (Phi) is 11.5. The van der Waals surface area contributed by atoms with Gasteiger partial charge in [0.1, 0.15) is 0 Å². The van der Waals surface area contributed by atoms with Crippen LogP contribution in [0, 0.1) is 0 Å². The number of nitrogens with one attached hydrogen (secondary N) is 2. The van der Waals surface area contributed by atoms with Gasteiger partial charge in [-0.1, -0.05) is 0 Å². The van der Waals surface area contributed by atoms with E-state index < -0.39 is 0 Å². The molecule has 0 fully saturated rings. The molecular weight excluding hydrogens is 324 g/mol. The molecule has 0 amide bonds. The molecule has 16 heavy (non-hydrogen) atoms. The third kappa shape index (κ3) is 9.14. The number of methoxy groups -OCH3 is 1. The predicted octanol–water partition coefficient (Wildman–Crippen LogP) is 1.55. The van der Waals surface area contributed by atoms with Gasteiger partial charge in [0.25, 0.3) is 0 Å². The third-order valence-electron chi connectivity index (χ3n) is 2.06. The first-order valence-corrected chi connectivity index (χ1v) is 5.11. The van der Waals surface area contributed by atoms with Crippen molar-refractivity contribution in [3.05, 3.63) is 0 Å². The van der Waals surface area contributed by atoms with Crippen LogP contribution in [0.25, 0.3) is 0 Å². The summed E-state index contributed by atoms with van der Waals surface area (Å²) in [5.74, 6) is 0.675. The molecule has 0 atom stereocenters. The summed E-state index contributed by atoms with van der Waals surface area (Å²) >= 11 is 0. The van der Waals surface area contributed by atoms with E-state index >= 15 is 0 Å². The maximum atomic E-state index is 11.9. The first-order chi connectivity index (χ1) is 7.05. The first kappa shape index (κ1) is 18.3. The molecule has 0 unspecified atom stereocenters. The van der Waals surface area contributed by atoms with Crippen LogP contribution >= 0.6 is 24.0 Å². The van der Waals surface area contributed by atoms with Gasteiger partial charge in [0.15, 0.2) is 5.96 Å². The summed E-state index contributed by atoms with van der Waals surface area (Å²) in [7, 11) is 3.35. The molecule has 4 nitrogen and oxygen atoms in total. The molecule has 0 aliphatic heterocycles. The number of aliphatic imine (C=N–C) groups is 1. The third-order valence-corrected chi connectivity index (χ3v) is 2.06. The smallest absolute Gasteiger partial charge is 0.191 e. The number of halogens is 2. The van der Waals surface area contributed by atoms with Gasteiger partial charge in [0, 0.05) is 27.2 Å². The van der Waals surface area contributed by atoms with Crippen LogP contribution in [0.15, 0.2) is 4.99 Å². The van der Waals surface area contributed by atoms with Crippen molar-refractivity contribution < 1.29 is 9.13 Å². The van der Waals surface area contributed by atoms with Crippen molar-refractivity contribution in [2.75, 3.05) is 33.9 Å². The minimum atomic E-state index is -0.312. The summed E-state index contributed by atoms with van der Waals surface area (Å²) in [6.07, 6.45) is 0.494. The number of hydrogen-bond donors (Lipinski definition) is 2. The highest BCUT2D eigenvalue weighted by Crippen LogP contribution is 2.04. The molecule has 0 saturated carbocycles. The molecule has 0 aromatic carbocycles.